The quantitative estimate of drug-likeness (QED) is 0.472. The molecule has 1 aromatic heterocycles. The van der Waals surface area contributed by atoms with Crippen molar-refractivity contribution >= 4 is 35.3 Å². The van der Waals surface area contributed by atoms with Gasteiger partial charge in [0.25, 0.3) is 0 Å². The fourth-order valence-corrected chi connectivity index (χ4v) is 4.81. The molecule has 1 aliphatic heterocycles. The standard InChI is InChI=1S/C20H18NO2S2/c1-22-18-5-3-2-4-16(18)9-6-15-7-10-17(11-8-15)23-19-14-25-20-21(19)12-13-24-20/h2-13,19H,14H2,1H3/q+1/b9-6+. The number of hydrogen-bond acceptors (Lipinski definition) is 4. The second-order valence-electron chi connectivity index (χ2n) is 5.60. The molecule has 0 bridgehead atoms. The number of methoxy groups -OCH3 is 1. The lowest BCUT2D eigenvalue weighted by Gasteiger charge is -2.08. The molecule has 0 N–H and O–H groups in total. The van der Waals surface area contributed by atoms with Crippen molar-refractivity contribution in [1.29, 1.82) is 0 Å². The number of ether oxygens (including phenoxy) is 2. The number of thiazole rings is 1. The van der Waals surface area contributed by atoms with Crippen LogP contribution in [0.3, 0.4) is 0 Å². The molecule has 2 aromatic carbocycles. The molecule has 5 heteroatoms. The van der Waals surface area contributed by atoms with Crippen LogP contribution in [-0.2, 0) is 0 Å². The average Bonchev–Trinajstić information content (AvgIpc) is 3.26. The summed E-state index contributed by atoms with van der Waals surface area (Å²) >= 11 is 3.61. The Morgan fingerprint density at radius 2 is 1.92 bits per heavy atom. The molecular weight excluding hydrogens is 350 g/mol. The Hall–Kier alpha value is -2.24. The van der Waals surface area contributed by atoms with E-state index >= 15 is 0 Å². The Labute approximate surface area is 155 Å². The highest BCUT2D eigenvalue weighted by molar-refractivity contribution is 8.01. The molecule has 0 radical (unpaired) electrons. The van der Waals surface area contributed by atoms with E-state index < -0.39 is 0 Å². The van der Waals surface area contributed by atoms with Crippen molar-refractivity contribution < 1.29 is 14.0 Å². The first-order valence-electron chi connectivity index (χ1n) is 8.03. The minimum atomic E-state index is 0.0845. The number of aromatic nitrogens is 1. The van der Waals surface area contributed by atoms with Gasteiger partial charge in [-0.2, -0.15) is 0 Å². The number of nitrogens with zero attached hydrogens (tertiary/aromatic N) is 1. The summed E-state index contributed by atoms with van der Waals surface area (Å²) in [6.45, 7) is 0. The average molecular weight is 369 g/mol. The van der Waals surface area contributed by atoms with E-state index in [2.05, 4.69) is 40.4 Å². The zero-order valence-electron chi connectivity index (χ0n) is 13.8. The predicted octanol–water partition coefficient (Wildman–Crippen LogP) is 4.90. The molecule has 1 atom stereocenters. The number of thioether (sulfide) groups is 1. The number of hydrogen-bond donors (Lipinski definition) is 0. The normalized spacial score (nSPS) is 16.1. The summed E-state index contributed by atoms with van der Waals surface area (Å²) in [5, 5.41) is 2.10. The van der Waals surface area contributed by atoms with Crippen molar-refractivity contribution in [1.82, 2.24) is 0 Å². The van der Waals surface area contributed by atoms with Gasteiger partial charge in [0, 0.05) is 5.56 Å². The first-order chi connectivity index (χ1) is 12.3. The van der Waals surface area contributed by atoms with Crippen molar-refractivity contribution in [3.63, 3.8) is 0 Å². The number of benzene rings is 2. The van der Waals surface area contributed by atoms with Crippen molar-refractivity contribution in [2.45, 2.75) is 10.6 Å². The van der Waals surface area contributed by atoms with E-state index in [9.17, 15) is 0 Å². The number of rotatable bonds is 5. The molecule has 0 saturated heterocycles. The van der Waals surface area contributed by atoms with Crippen LogP contribution in [-0.4, -0.2) is 12.9 Å². The second kappa shape index (κ2) is 7.33. The van der Waals surface area contributed by atoms with Gasteiger partial charge in [-0.3, -0.25) is 0 Å². The summed E-state index contributed by atoms with van der Waals surface area (Å²) in [6, 6.07) is 16.2. The molecule has 0 spiro atoms. The number of para-hydroxylation sites is 1. The lowest BCUT2D eigenvalue weighted by molar-refractivity contribution is -0.769. The third kappa shape index (κ3) is 3.57. The fraction of sp³-hybridized carbons (Fsp3) is 0.150. The zero-order chi connectivity index (χ0) is 17.1. The van der Waals surface area contributed by atoms with E-state index in [0.29, 0.717) is 0 Å². The van der Waals surface area contributed by atoms with E-state index in [4.69, 9.17) is 9.47 Å². The Kier molecular flexibility index (Phi) is 4.76. The van der Waals surface area contributed by atoms with Crippen LogP contribution in [0.4, 0.5) is 0 Å². The van der Waals surface area contributed by atoms with Crippen molar-refractivity contribution in [2.24, 2.45) is 0 Å². The molecule has 2 heterocycles. The molecule has 0 amide bonds. The molecule has 0 saturated carbocycles. The minimum absolute atomic E-state index is 0.0845. The topological polar surface area (TPSA) is 22.3 Å². The Bertz CT molecular complexity index is 887. The van der Waals surface area contributed by atoms with Gasteiger partial charge in [0.15, 0.2) is 6.20 Å². The van der Waals surface area contributed by atoms with Crippen LogP contribution >= 0.6 is 23.1 Å². The van der Waals surface area contributed by atoms with Gasteiger partial charge in [-0.25, -0.2) is 0 Å². The van der Waals surface area contributed by atoms with Crippen molar-refractivity contribution in [3.05, 3.63) is 71.2 Å². The van der Waals surface area contributed by atoms with Gasteiger partial charge in [0.1, 0.15) is 17.3 Å². The summed E-state index contributed by atoms with van der Waals surface area (Å²) in [6.07, 6.45) is 6.32. The molecule has 0 aliphatic carbocycles. The van der Waals surface area contributed by atoms with E-state index in [0.717, 1.165) is 28.4 Å². The van der Waals surface area contributed by atoms with Crippen molar-refractivity contribution in [3.8, 4) is 11.5 Å². The Morgan fingerprint density at radius 3 is 2.76 bits per heavy atom. The van der Waals surface area contributed by atoms with Gasteiger partial charge in [0.2, 0.25) is 0 Å². The summed E-state index contributed by atoms with van der Waals surface area (Å²) in [5.41, 5.74) is 2.19. The lowest BCUT2D eigenvalue weighted by Crippen LogP contribution is -2.39. The summed E-state index contributed by atoms with van der Waals surface area (Å²) in [7, 11) is 1.69. The van der Waals surface area contributed by atoms with E-state index in [-0.39, 0.29) is 6.23 Å². The first kappa shape index (κ1) is 16.2. The van der Waals surface area contributed by atoms with Gasteiger partial charge in [-0.05, 0) is 35.5 Å². The van der Waals surface area contributed by atoms with E-state index in [1.807, 2.05) is 48.2 Å². The summed E-state index contributed by atoms with van der Waals surface area (Å²) < 4.78 is 15.0. The maximum Gasteiger partial charge on any atom is 0.313 e. The molecule has 3 nitrogen and oxygen atoms in total. The highest BCUT2D eigenvalue weighted by Crippen LogP contribution is 2.31. The van der Waals surface area contributed by atoms with Crippen LogP contribution in [0.15, 0.2) is 64.4 Å². The molecule has 3 aromatic rings. The SMILES string of the molecule is COc1ccccc1/C=C/c1ccc(OC2CSc3scc[n+]32)cc1. The lowest BCUT2D eigenvalue weighted by atomic mass is 10.1. The minimum Gasteiger partial charge on any atom is -0.496 e. The van der Waals surface area contributed by atoms with Crippen LogP contribution in [0.1, 0.15) is 17.4 Å². The molecule has 1 aliphatic rings. The second-order valence-corrected chi connectivity index (χ2v) is 7.77. The van der Waals surface area contributed by atoms with Crippen LogP contribution in [0.5, 0.6) is 11.5 Å². The number of fused-ring (bicyclic) bond motifs is 1. The molecule has 4 rings (SSSR count). The molecule has 25 heavy (non-hydrogen) atoms. The van der Waals surface area contributed by atoms with Gasteiger partial charge in [0.05, 0.1) is 12.5 Å². The van der Waals surface area contributed by atoms with Gasteiger partial charge >= 0.3 is 10.6 Å². The van der Waals surface area contributed by atoms with Gasteiger partial charge < -0.3 is 9.47 Å². The van der Waals surface area contributed by atoms with Gasteiger partial charge in [-0.15, -0.1) is 4.57 Å². The largest absolute Gasteiger partial charge is 0.496 e. The molecule has 126 valence electrons. The third-order valence-corrected chi connectivity index (χ3v) is 6.23. The van der Waals surface area contributed by atoms with Gasteiger partial charge in [-0.1, -0.05) is 53.8 Å². The monoisotopic (exact) mass is 368 g/mol. The highest BCUT2D eigenvalue weighted by atomic mass is 32.2. The van der Waals surface area contributed by atoms with E-state index in [1.165, 1.54) is 4.34 Å². The Balaban J connectivity index is 1.45. The van der Waals surface area contributed by atoms with Crippen molar-refractivity contribution in [2.75, 3.05) is 12.9 Å². The maximum absolute atomic E-state index is 6.12. The molecular formula is C20H18NO2S2+. The zero-order valence-corrected chi connectivity index (χ0v) is 15.4. The van der Waals surface area contributed by atoms with Crippen LogP contribution in [0.2, 0.25) is 0 Å². The first-order valence-corrected chi connectivity index (χ1v) is 9.89. The summed E-state index contributed by atoms with van der Waals surface area (Å²) in [5.74, 6) is 2.73. The van der Waals surface area contributed by atoms with Crippen LogP contribution in [0.25, 0.3) is 12.2 Å². The maximum atomic E-state index is 6.12. The molecule has 0 fully saturated rings. The summed E-state index contributed by atoms with van der Waals surface area (Å²) in [4.78, 5) is 0. The highest BCUT2D eigenvalue weighted by Gasteiger charge is 2.34. The Morgan fingerprint density at radius 1 is 1.08 bits per heavy atom. The fourth-order valence-electron chi connectivity index (χ4n) is 2.72. The smallest absolute Gasteiger partial charge is 0.313 e. The third-order valence-electron chi connectivity index (χ3n) is 4.01. The predicted molar refractivity (Wildman–Crippen MR) is 103 cm³/mol. The van der Waals surface area contributed by atoms with Crippen LogP contribution in [0, 0.1) is 0 Å². The molecule has 1 unspecified atom stereocenters. The van der Waals surface area contributed by atoms with E-state index in [1.54, 1.807) is 18.4 Å². The van der Waals surface area contributed by atoms with Crippen LogP contribution < -0.4 is 14.0 Å².